The summed E-state index contributed by atoms with van der Waals surface area (Å²) in [6.07, 6.45) is 4.73. The number of nitrogens with one attached hydrogen (secondary N) is 1. The van der Waals surface area contributed by atoms with Gasteiger partial charge in [-0.05, 0) is 18.2 Å². The number of hydrogen-bond acceptors (Lipinski definition) is 6. The van der Waals surface area contributed by atoms with Gasteiger partial charge < -0.3 is 15.0 Å². The number of halogens is 2. The maximum Gasteiger partial charge on any atom is 0.222 e. The fraction of sp³-hybridized carbons (Fsp3) is 0.304. The number of pyridine rings is 1. The molecule has 0 bridgehead atoms. The van der Waals surface area contributed by atoms with Gasteiger partial charge >= 0.3 is 0 Å². The summed E-state index contributed by atoms with van der Waals surface area (Å²) in [5.41, 5.74) is 1.71. The molecule has 1 aromatic carbocycles. The molecule has 166 valence electrons. The molecule has 1 saturated heterocycles. The number of amides is 1. The molecule has 1 amide bonds. The first kappa shape index (κ1) is 22.0. The van der Waals surface area contributed by atoms with Crippen LogP contribution >= 0.6 is 11.6 Å². The summed E-state index contributed by atoms with van der Waals surface area (Å²) >= 11 is 6.39. The topological polar surface area (TPSA) is 80.2 Å². The average Bonchev–Trinajstić information content (AvgIpc) is 2.75. The van der Waals surface area contributed by atoms with E-state index in [2.05, 4.69) is 15.3 Å². The van der Waals surface area contributed by atoms with E-state index >= 15 is 0 Å². The summed E-state index contributed by atoms with van der Waals surface area (Å²) in [6.45, 7) is 4.96. The molecule has 1 N–H and O–H groups in total. The smallest absolute Gasteiger partial charge is 0.222 e. The Bertz CT molecular complexity index is 1150. The lowest BCUT2D eigenvalue weighted by atomic mass is 10.0. The van der Waals surface area contributed by atoms with E-state index in [0.717, 1.165) is 0 Å². The van der Waals surface area contributed by atoms with E-state index in [1.807, 2.05) is 18.7 Å². The Morgan fingerprint density at radius 3 is 2.66 bits per heavy atom. The summed E-state index contributed by atoms with van der Waals surface area (Å²) in [5.74, 6) is 0.520. The van der Waals surface area contributed by atoms with Crippen molar-refractivity contribution >= 4 is 23.3 Å². The summed E-state index contributed by atoms with van der Waals surface area (Å²) in [6, 6.07) is 6.36. The third-order valence-electron chi connectivity index (χ3n) is 5.30. The zero-order chi connectivity index (χ0) is 22.8. The Kier molecular flexibility index (Phi) is 6.23. The number of rotatable bonds is 6. The second-order valence-corrected chi connectivity index (χ2v) is 8.30. The molecule has 1 aliphatic rings. The second kappa shape index (κ2) is 9.08. The number of hydrogen-bond donors (Lipinski definition) is 1. The van der Waals surface area contributed by atoms with Crippen molar-refractivity contribution in [3.63, 3.8) is 0 Å². The van der Waals surface area contributed by atoms with Crippen LogP contribution in [0.4, 0.5) is 10.2 Å². The van der Waals surface area contributed by atoms with E-state index in [1.54, 1.807) is 30.6 Å². The first-order valence-corrected chi connectivity index (χ1v) is 10.6. The van der Waals surface area contributed by atoms with E-state index in [1.165, 1.54) is 19.4 Å². The summed E-state index contributed by atoms with van der Waals surface area (Å²) in [5, 5.41) is 3.40. The van der Waals surface area contributed by atoms with Crippen molar-refractivity contribution < 1.29 is 13.9 Å². The molecule has 0 atom stereocenters. The molecule has 1 aliphatic heterocycles. The summed E-state index contributed by atoms with van der Waals surface area (Å²) in [7, 11) is 1.48. The number of nitrogens with zero attached hydrogens (tertiary/aromatic N) is 4. The highest BCUT2D eigenvalue weighted by Crippen LogP contribution is 2.36. The Hall–Kier alpha value is -3.26. The van der Waals surface area contributed by atoms with Gasteiger partial charge in [-0.2, -0.15) is 0 Å². The molecule has 2 aromatic heterocycles. The third-order valence-corrected chi connectivity index (χ3v) is 5.60. The largest absolute Gasteiger partial charge is 0.497 e. The van der Waals surface area contributed by atoms with Crippen LogP contribution in [-0.2, 0) is 4.79 Å². The van der Waals surface area contributed by atoms with Gasteiger partial charge in [0.25, 0.3) is 0 Å². The Morgan fingerprint density at radius 1 is 1.22 bits per heavy atom. The molecule has 9 heteroatoms. The molecule has 1 fully saturated rings. The zero-order valence-electron chi connectivity index (χ0n) is 18.0. The maximum atomic E-state index is 14.8. The van der Waals surface area contributed by atoms with Crippen LogP contribution in [0.15, 0.2) is 42.9 Å². The van der Waals surface area contributed by atoms with E-state index in [4.69, 9.17) is 21.3 Å². The lowest BCUT2D eigenvalue weighted by molar-refractivity contribution is -0.124. The highest BCUT2D eigenvalue weighted by molar-refractivity contribution is 6.33. The molecule has 3 heterocycles. The van der Waals surface area contributed by atoms with E-state index < -0.39 is 5.82 Å². The van der Waals surface area contributed by atoms with Crippen molar-refractivity contribution in [2.24, 2.45) is 5.92 Å². The Morgan fingerprint density at radius 2 is 2.00 bits per heavy atom. The number of carbonyl (C=O) groups excluding carboxylic acids is 1. The second-order valence-electron chi connectivity index (χ2n) is 7.89. The van der Waals surface area contributed by atoms with Crippen LogP contribution in [0.5, 0.6) is 5.75 Å². The van der Waals surface area contributed by atoms with Crippen LogP contribution in [0.3, 0.4) is 0 Å². The van der Waals surface area contributed by atoms with Crippen LogP contribution in [-0.4, -0.2) is 47.1 Å². The van der Waals surface area contributed by atoms with Gasteiger partial charge in [0.2, 0.25) is 5.91 Å². The van der Waals surface area contributed by atoms with Gasteiger partial charge in [0.15, 0.2) is 0 Å². The van der Waals surface area contributed by atoms with Crippen LogP contribution in [0.1, 0.15) is 13.8 Å². The van der Waals surface area contributed by atoms with Gasteiger partial charge in [-0.3, -0.25) is 9.78 Å². The van der Waals surface area contributed by atoms with Crippen molar-refractivity contribution in [3.05, 3.63) is 53.7 Å². The molecule has 7 nitrogen and oxygen atoms in total. The van der Waals surface area contributed by atoms with Gasteiger partial charge in [-0.1, -0.05) is 25.4 Å². The van der Waals surface area contributed by atoms with Crippen molar-refractivity contribution in [2.75, 3.05) is 25.1 Å². The quantitative estimate of drug-likeness (QED) is 0.605. The predicted octanol–water partition coefficient (Wildman–Crippen LogP) is 3.97. The highest BCUT2D eigenvalue weighted by atomic mass is 35.5. The zero-order valence-corrected chi connectivity index (χ0v) is 18.7. The van der Waals surface area contributed by atoms with Crippen LogP contribution in [0.25, 0.3) is 22.5 Å². The number of aromatic nitrogens is 3. The van der Waals surface area contributed by atoms with Crippen LogP contribution < -0.4 is 15.0 Å². The fourth-order valence-corrected chi connectivity index (χ4v) is 3.63. The van der Waals surface area contributed by atoms with Gasteiger partial charge in [0, 0.05) is 48.6 Å². The maximum absolute atomic E-state index is 14.8. The van der Waals surface area contributed by atoms with Gasteiger partial charge in [0.05, 0.1) is 30.1 Å². The summed E-state index contributed by atoms with van der Waals surface area (Å²) in [4.78, 5) is 27.3. The Balaban J connectivity index is 1.69. The molecular weight excluding hydrogens is 433 g/mol. The van der Waals surface area contributed by atoms with Gasteiger partial charge in [-0.15, -0.1) is 0 Å². The van der Waals surface area contributed by atoms with Gasteiger partial charge in [0.1, 0.15) is 23.1 Å². The third kappa shape index (κ3) is 4.36. The predicted molar refractivity (Wildman–Crippen MR) is 121 cm³/mol. The minimum Gasteiger partial charge on any atom is -0.497 e. The first-order chi connectivity index (χ1) is 15.4. The Labute approximate surface area is 190 Å². The molecule has 32 heavy (non-hydrogen) atoms. The summed E-state index contributed by atoms with van der Waals surface area (Å²) < 4.78 is 20.0. The van der Waals surface area contributed by atoms with Crippen molar-refractivity contribution in [1.82, 2.24) is 20.3 Å². The number of benzene rings is 1. The molecule has 4 rings (SSSR count). The van der Waals surface area contributed by atoms with Crippen molar-refractivity contribution in [2.45, 2.75) is 19.9 Å². The molecular formula is C23H23ClFN5O2. The number of carbonyl (C=O) groups is 1. The minimum absolute atomic E-state index is 0.0234. The molecule has 0 aliphatic carbocycles. The fourth-order valence-electron chi connectivity index (χ4n) is 3.42. The van der Waals surface area contributed by atoms with Crippen molar-refractivity contribution in [3.8, 4) is 28.3 Å². The van der Waals surface area contributed by atoms with Crippen LogP contribution in [0, 0.1) is 11.7 Å². The standard InChI is InChI=1S/C23H23ClFN5O2/c1-13(2)23(31)28-14-11-30(12-14)20-10-27-21(17-5-4-15(32-3)8-19(17)25)22(29-20)16-6-7-26-9-18(16)24/h4-10,13-14H,11-12H2,1-3H3,(H,28,31). The minimum atomic E-state index is -0.474. The lowest BCUT2D eigenvalue weighted by Gasteiger charge is -2.40. The normalized spacial score (nSPS) is 13.8. The molecule has 0 saturated carbocycles. The van der Waals surface area contributed by atoms with Gasteiger partial charge in [-0.25, -0.2) is 14.4 Å². The lowest BCUT2D eigenvalue weighted by Crippen LogP contribution is -2.60. The number of anilines is 1. The SMILES string of the molecule is COc1ccc(-c2ncc(N3CC(NC(=O)C(C)C)C3)nc2-c2ccncc2Cl)c(F)c1. The molecule has 0 unspecified atom stereocenters. The monoisotopic (exact) mass is 455 g/mol. The molecule has 3 aromatic rings. The average molecular weight is 456 g/mol. The molecule has 0 spiro atoms. The van der Waals surface area contributed by atoms with Crippen LogP contribution in [0.2, 0.25) is 5.02 Å². The number of ether oxygens (including phenoxy) is 1. The van der Waals surface area contributed by atoms with E-state index in [-0.39, 0.29) is 17.9 Å². The first-order valence-electron chi connectivity index (χ1n) is 10.2. The van der Waals surface area contributed by atoms with Crippen molar-refractivity contribution in [1.29, 1.82) is 0 Å². The number of methoxy groups -OCH3 is 1. The van der Waals surface area contributed by atoms with E-state index in [0.29, 0.717) is 52.2 Å². The highest BCUT2D eigenvalue weighted by Gasteiger charge is 2.30. The van der Waals surface area contributed by atoms with E-state index in [9.17, 15) is 9.18 Å². The molecule has 0 radical (unpaired) electrons.